The van der Waals surface area contributed by atoms with E-state index in [2.05, 4.69) is 10.6 Å². The lowest BCUT2D eigenvalue weighted by Crippen LogP contribution is -2.39. The fourth-order valence-electron chi connectivity index (χ4n) is 3.91. The number of hydrogen-bond acceptors (Lipinski definition) is 4. The molecule has 140 valence electrons. The summed E-state index contributed by atoms with van der Waals surface area (Å²) in [5, 5.41) is 6.46. The minimum Gasteiger partial charge on any atom is -0.356 e. The predicted molar refractivity (Wildman–Crippen MR) is 101 cm³/mol. The van der Waals surface area contributed by atoms with Gasteiger partial charge in [0.05, 0.1) is 10.6 Å². The molecule has 2 saturated heterocycles. The van der Waals surface area contributed by atoms with Gasteiger partial charge >= 0.3 is 0 Å². The van der Waals surface area contributed by atoms with Gasteiger partial charge < -0.3 is 10.6 Å². The first-order valence-electron chi connectivity index (χ1n) is 8.83. The van der Waals surface area contributed by atoms with Crippen molar-refractivity contribution in [2.24, 2.45) is 5.92 Å². The minimum absolute atomic E-state index is 0. The fourth-order valence-corrected chi connectivity index (χ4v) is 5.24. The molecule has 0 saturated carbocycles. The number of fused-ring (bicyclic) bond motifs is 2. The van der Waals surface area contributed by atoms with E-state index in [4.69, 9.17) is 0 Å². The molecule has 0 radical (unpaired) electrons. The lowest BCUT2D eigenvalue weighted by Gasteiger charge is -2.28. The van der Waals surface area contributed by atoms with Crippen LogP contribution >= 0.6 is 12.4 Å². The van der Waals surface area contributed by atoms with Crippen molar-refractivity contribution in [2.75, 3.05) is 12.3 Å². The van der Waals surface area contributed by atoms with Crippen LogP contribution in [0.25, 0.3) is 0 Å². The molecule has 0 spiro atoms. The molecule has 2 fully saturated rings. The number of piperidine rings is 1. The van der Waals surface area contributed by atoms with Gasteiger partial charge in [-0.25, -0.2) is 8.42 Å². The molecule has 2 unspecified atom stereocenters. The Labute approximate surface area is 156 Å². The Morgan fingerprint density at radius 1 is 1.12 bits per heavy atom. The van der Waals surface area contributed by atoms with Crippen LogP contribution in [-0.2, 0) is 14.6 Å². The Morgan fingerprint density at radius 3 is 2.40 bits per heavy atom. The third kappa shape index (κ3) is 5.69. The number of carbonyl (C=O) groups is 1. The van der Waals surface area contributed by atoms with E-state index in [-0.39, 0.29) is 24.1 Å². The molecule has 2 N–H and O–H groups in total. The van der Waals surface area contributed by atoms with Gasteiger partial charge in [0.15, 0.2) is 9.84 Å². The van der Waals surface area contributed by atoms with Crippen molar-refractivity contribution in [1.82, 2.24) is 10.6 Å². The van der Waals surface area contributed by atoms with Crippen molar-refractivity contribution in [2.45, 2.75) is 55.5 Å². The van der Waals surface area contributed by atoms with Crippen molar-refractivity contribution in [3.05, 3.63) is 30.3 Å². The molecule has 2 heterocycles. The highest BCUT2D eigenvalue weighted by Crippen LogP contribution is 2.32. The molecule has 1 amide bonds. The van der Waals surface area contributed by atoms with Gasteiger partial charge in [0, 0.05) is 25.0 Å². The van der Waals surface area contributed by atoms with Gasteiger partial charge in [0.1, 0.15) is 0 Å². The maximum atomic E-state index is 12.2. The molecule has 2 bridgehead atoms. The molecule has 0 aromatic heterocycles. The Kier molecular flexibility index (Phi) is 7.28. The van der Waals surface area contributed by atoms with Crippen molar-refractivity contribution < 1.29 is 13.2 Å². The normalized spacial score (nSPS) is 25.2. The van der Waals surface area contributed by atoms with Crippen LogP contribution in [-0.4, -0.2) is 38.7 Å². The first-order chi connectivity index (χ1) is 11.5. The molecule has 3 rings (SSSR count). The number of rotatable bonds is 7. The number of nitrogens with one attached hydrogen (secondary N) is 2. The predicted octanol–water partition coefficient (Wildman–Crippen LogP) is 2.31. The van der Waals surface area contributed by atoms with Crippen LogP contribution in [0.5, 0.6) is 0 Å². The van der Waals surface area contributed by atoms with Crippen LogP contribution in [0, 0.1) is 5.92 Å². The van der Waals surface area contributed by atoms with Gasteiger partial charge in [0.2, 0.25) is 5.91 Å². The number of hydrogen-bond donors (Lipinski definition) is 2. The second kappa shape index (κ2) is 9.01. The maximum absolute atomic E-state index is 12.2. The average molecular weight is 387 g/mol. The first kappa shape index (κ1) is 20.2. The molecule has 7 heteroatoms. The standard InChI is InChI=1S/C18H26N2O3S.ClH/c21-18(13-14-11-15-7-8-16(12-14)20-15)19-9-4-10-24(22,23)17-5-2-1-3-6-17;/h1-3,5-6,14-16,20H,4,7-13H2,(H,19,21);1H. The third-order valence-corrected chi connectivity index (χ3v) is 6.88. The molecule has 1 aromatic carbocycles. The Morgan fingerprint density at radius 2 is 1.76 bits per heavy atom. The van der Waals surface area contributed by atoms with Crippen molar-refractivity contribution in [3.8, 4) is 0 Å². The number of amides is 1. The summed E-state index contributed by atoms with van der Waals surface area (Å²) in [5.74, 6) is 0.588. The zero-order valence-corrected chi connectivity index (χ0v) is 15.9. The van der Waals surface area contributed by atoms with E-state index in [1.165, 1.54) is 12.8 Å². The van der Waals surface area contributed by atoms with Crippen LogP contribution in [0.4, 0.5) is 0 Å². The van der Waals surface area contributed by atoms with Crippen molar-refractivity contribution >= 4 is 28.2 Å². The molecular weight excluding hydrogens is 360 g/mol. The maximum Gasteiger partial charge on any atom is 0.220 e. The van der Waals surface area contributed by atoms with Crippen LogP contribution in [0.15, 0.2) is 35.2 Å². The summed E-state index contributed by atoms with van der Waals surface area (Å²) < 4.78 is 24.3. The second-order valence-electron chi connectivity index (χ2n) is 7.01. The quantitative estimate of drug-likeness (QED) is 0.705. The van der Waals surface area contributed by atoms with E-state index in [0.717, 1.165) is 12.8 Å². The molecule has 2 atom stereocenters. The molecule has 2 aliphatic heterocycles. The summed E-state index contributed by atoms with van der Waals surface area (Å²) in [4.78, 5) is 12.4. The molecule has 2 aliphatic rings. The number of benzene rings is 1. The highest BCUT2D eigenvalue weighted by Gasteiger charge is 2.34. The Balaban J connectivity index is 0.00000225. The van der Waals surface area contributed by atoms with Gasteiger partial charge in [-0.05, 0) is 50.2 Å². The minimum atomic E-state index is -3.25. The van der Waals surface area contributed by atoms with E-state index in [9.17, 15) is 13.2 Å². The first-order valence-corrected chi connectivity index (χ1v) is 10.5. The monoisotopic (exact) mass is 386 g/mol. The van der Waals surface area contributed by atoms with E-state index >= 15 is 0 Å². The molecule has 1 aromatic rings. The highest BCUT2D eigenvalue weighted by atomic mass is 35.5. The van der Waals surface area contributed by atoms with Gasteiger partial charge in [-0.1, -0.05) is 18.2 Å². The van der Waals surface area contributed by atoms with Gasteiger partial charge in [0.25, 0.3) is 0 Å². The molecular formula is C18H27ClN2O3S. The van der Waals surface area contributed by atoms with E-state index in [1.807, 2.05) is 0 Å². The summed E-state index contributed by atoms with van der Waals surface area (Å²) in [5.41, 5.74) is 0. The Hall–Kier alpha value is -1.11. The SMILES string of the molecule is Cl.O=C(CC1CC2CCC(C1)N2)NCCCS(=O)(=O)c1ccccc1. The average Bonchev–Trinajstić information content (AvgIpc) is 2.91. The smallest absolute Gasteiger partial charge is 0.220 e. The second-order valence-corrected chi connectivity index (χ2v) is 9.12. The molecule has 25 heavy (non-hydrogen) atoms. The lowest BCUT2D eigenvalue weighted by atomic mass is 9.89. The van der Waals surface area contributed by atoms with Crippen LogP contribution in [0.3, 0.4) is 0 Å². The lowest BCUT2D eigenvalue weighted by molar-refractivity contribution is -0.122. The fraction of sp³-hybridized carbons (Fsp3) is 0.611. The number of halogens is 1. The molecule has 0 aliphatic carbocycles. The van der Waals surface area contributed by atoms with E-state index in [0.29, 0.717) is 42.3 Å². The largest absolute Gasteiger partial charge is 0.356 e. The Bertz CT molecular complexity index is 654. The number of sulfone groups is 1. The topological polar surface area (TPSA) is 75.3 Å². The summed E-state index contributed by atoms with van der Waals surface area (Å²) >= 11 is 0. The summed E-state index contributed by atoms with van der Waals surface area (Å²) in [6.45, 7) is 0.419. The molecule has 5 nitrogen and oxygen atoms in total. The summed E-state index contributed by atoms with van der Waals surface area (Å²) in [6, 6.07) is 9.65. The highest BCUT2D eigenvalue weighted by molar-refractivity contribution is 7.91. The van der Waals surface area contributed by atoms with E-state index < -0.39 is 9.84 Å². The zero-order chi connectivity index (χ0) is 17.0. The van der Waals surface area contributed by atoms with Gasteiger partial charge in [-0.15, -0.1) is 12.4 Å². The third-order valence-electron chi connectivity index (χ3n) is 5.06. The van der Waals surface area contributed by atoms with E-state index in [1.54, 1.807) is 30.3 Å². The van der Waals surface area contributed by atoms with Crippen LogP contribution < -0.4 is 10.6 Å². The zero-order valence-electron chi connectivity index (χ0n) is 14.3. The summed E-state index contributed by atoms with van der Waals surface area (Å²) in [6.07, 6.45) is 5.67. The van der Waals surface area contributed by atoms with Crippen molar-refractivity contribution in [1.29, 1.82) is 0 Å². The van der Waals surface area contributed by atoms with Gasteiger partial charge in [-0.3, -0.25) is 4.79 Å². The van der Waals surface area contributed by atoms with Crippen LogP contribution in [0.2, 0.25) is 0 Å². The van der Waals surface area contributed by atoms with Gasteiger partial charge in [-0.2, -0.15) is 0 Å². The summed E-state index contributed by atoms with van der Waals surface area (Å²) in [7, 11) is -3.25. The van der Waals surface area contributed by atoms with Crippen molar-refractivity contribution in [3.63, 3.8) is 0 Å². The number of carbonyl (C=O) groups excluding carboxylic acids is 1. The van der Waals surface area contributed by atoms with Crippen LogP contribution in [0.1, 0.15) is 38.5 Å².